The number of carbonyl (C=O) groups excluding carboxylic acids is 2. The van der Waals surface area contributed by atoms with Crippen LogP contribution in [0.2, 0.25) is 0 Å². The summed E-state index contributed by atoms with van der Waals surface area (Å²) < 4.78 is 22.9. The quantitative estimate of drug-likeness (QED) is 0.289. The third-order valence-corrected chi connectivity index (χ3v) is 8.37. The van der Waals surface area contributed by atoms with E-state index in [0.717, 1.165) is 69.1 Å². The van der Waals surface area contributed by atoms with Gasteiger partial charge in [-0.2, -0.15) is 0 Å². The van der Waals surface area contributed by atoms with Gasteiger partial charge in [-0.1, -0.05) is 62.2 Å². The van der Waals surface area contributed by atoms with Crippen LogP contribution in [0.3, 0.4) is 0 Å². The van der Waals surface area contributed by atoms with Crippen LogP contribution in [0.4, 0.5) is 4.79 Å². The highest BCUT2D eigenvalue weighted by atomic mass is 16.7. The SMILES string of the molecule is CCCCC[C@H]1CC[C@@H]2[C@H]3Cc4cccc(OCC(=O)OCc5ccccc5)c4C[C@H]3C[C@H]2OC(=O)O1. The van der Waals surface area contributed by atoms with E-state index in [0.29, 0.717) is 17.8 Å². The molecule has 0 radical (unpaired) electrons. The zero-order chi connectivity index (χ0) is 25.6. The van der Waals surface area contributed by atoms with Gasteiger partial charge in [0.2, 0.25) is 0 Å². The van der Waals surface area contributed by atoms with Gasteiger partial charge in [-0.3, -0.25) is 0 Å². The highest BCUT2D eigenvalue weighted by Gasteiger charge is 2.48. The van der Waals surface area contributed by atoms with Crippen LogP contribution < -0.4 is 4.74 Å². The van der Waals surface area contributed by atoms with E-state index in [-0.39, 0.29) is 31.4 Å². The van der Waals surface area contributed by atoms with E-state index >= 15 is 0 Å². The van der Waals surface area contributed by atoms with Gasteiger partial charge in [0, 0.05) is 0 Å². The molecule has 2 aromatic rings. The van der Waals surface area contributed by atoms with Crippen LogP contribution in [0.1, 0.15) is 68.6 Å². The summed E-state index contributed by atoms with van der Waals surface area (Å²) in [6.45, 7) is 2.31. The number of hydrogen-bond acceptors (Lipinski definition) is 6. The maximum absolute atomic E-state index is 12.5. The van der Waals surface area contributed by atoms with Crippen LogP contribution in [-0.2, 0) is 38.5 Å². The molecule has 2 fully saturated rings. The fourth-order valence-electron chi connectivity index (χ4n) is 6.51. The first-order valence-electron chi connectivity index (χ1n) is 13.9. The van der Waals surface area contributed by atoms with E-state index in [9.17, 15) is 9.59 Å². The van der Waals surface area contributed by atoms with Crippen molar-refractivity contribution in [3.63, 3.8) is 0 Å². The highest BCUT2D eigenvalue weighted by molar-refractivity contribution is 5.71. The van der Waals surface area contributed by atoms with Gasteiger partial charge in [-0.05, 0) is 85.5 Å². The van der Waals surface area contributed by atoms with Crippen molar-refractivity contribution in [3.8, 4) is 5.75 Å². The minimum atomic E-state index is -0.495. The van der Waals surface area contributed by atoms with Crippen LogP contribution in [-0.4, -0.2) is 30.9 Å². The molecule has 0 amide bonds. The maximum atomic E-state index is 12.5. The molecular formula is C31H38O6. The van der Waals surface area contributed by atoms with E-state index in [1.807, 2.05) is 42.5 Å². The Kier molecular flexibility index (Phi) is 8.32. The molecule has 2 aromatic carbocycles. The molecule has 5 rings (SSSR count). The van der Waals surface area contributed by atoms with Gasteiger partial charge in [-0.25, -0.2) is 9.59 Å². The standard InChI is InChI=1S/C31H38O6/c1-2-3-5-12-24-14-15-25-26-16-22-11-8-13-28(27(22)17-23(26)18-29(25)37-31(33)36-24)34-20-30(32)35-19-21-9-6-4-7-10-21/h4,6-11,13,23-26,29H,2-3,5,12,14-20H2,1H3/t23-,24-,25+,26-,29+/m0/s1. The maximum Gasteiger partial charge on any atom is 0.508 e. The number of ether oxygens (including phenoxy) is 4. The average molecular weight is 507 g/mol. The molecule has 5 atom stereocenters. The second kappa shape index (κ2) is 12.0. The molecule has 1 heterocycles. The largest absolute Gasteiger partial charge is 0.508 e. The number of rotatable bonds is 9. The average Bonchev–Trinajstić information content (AvgIpc) is 3.22. The van der Waals surface area contributed by atoms with Gasteiger partial charge in [0.1, 0.15) is 24.6 Å². The molecule has 0 spiro atoms. The van der Waals surface area contributed by atoms with E-state index in [1.165, 1.54) is 11.1 Å². The normalized spacial score (nSPS) is 26.4. The molecule has 6 heteroatoms. The molecular weight excluding hydrogens is 468 g/mol. The van der Waals surface area contributed by atoms with Gasteiger partial charge < -0.3 is 18.9 Å². The summed E-state index contributed by atoms with van der Waals surface area (Å²) in [5.41, 5.74) is 3.40. The summed E-state index contributed by atoms with van der Waals surface area (Å²) in [6, 6.07) is 15.8. The van der Waals surface area contributed by atoms with E-state index in [1.54, 1.807) is 0 Å². The van der Waals surface area contributed by atoms with Crippen molar-refractivity contribution in [2.45, 2.75) is 83.5 Å². The van der Waals surface area contributed by atoms with Crippen LogP contribution >= 0.6 is 0 Å². The molecule has 0 N–H and O–H groups in total. The Morgan fingerprint density at radius 2 is 1.84 bits per heavy atom. The molecule has 1 saturated carbocycles. The Morgan fingerprint density at radius 3 is 2.68 bits per heavy atom. The summed E-state index contributed by atoms with van der Waals surface area (Å²) in [6.07, 6.45) is 8.37. The molecule has 1 aliphatic heterocycles. The van der Waals surface area contributed by atoms with Gasteiger partial charge in [-0.15, -0.1) is 0 Å². The first-order chi connectivity index (χ1) is 18.1. The summed E-state index contributed by atoms with van der Waals surface area (Å²) in [5.74, 6) is 1.67. The van der Waals surface area contributed by atoms with Crippen molar-refractivity contribution >= 4 is 12.1 Å². The molecule has 37 heavy (non-hydrogen) atoms. The lowest BCUT2D eigenvalue weighted by Crippen LogP contribution is -2.33. The van der Waals surface area contributed by atoms with Crippen molar-refractivity contribution in [2.24, 2.45) is 17.8 Å². The van der Waals surface area contributed by atoms with E-state index < -0.39 is 6.16 Å². The minimum absolute atomic E-state index is 0.0309. The van der Waals surface area contributed by atoms with Crippen molar-refractivity contribution in [1.29, 1.82) is 0 Å². The number of carbonyl (C=O) groups is 2. The summed E-state index contributed by atoms with van der Waals surface area (Å²) in [7, 11) is 0. The van der Waals surface area contributed by atoms with Crippen molar-refractivity contribution < 1.29 is 28.5 Å². The number of esters is 1. The van der Waals surface area contributed by atoms with Gasteiger partial charge in [0.15, 0.2) is 6.61 Å². The fourth-order valence-corrected chi connectivity index (χ4v) is 6.51. The highest BCUT2D eigenvalue weighted by Crippen LogP contribution is 2.50. The van der Waals surface area contributed by atoms with Crippen LogP contribution in [0.5, 0.6) is 5.75 Å². The minimum Gasteiger partial charge on any atom is -0.482 e. The molecule has 0 unspecified atom stereocenters. The first kappa shape index (κ1) is 25.6. The predicted octanol–water partition coefficient (Wildman–Crippen LogP) is 6.42. The molecule has 3 aliphatic rings. The van der Waals surface area contributed by atoms with Crippen molar-refractivity contribution in [3.05, 3.63) is 65.2 Å². The summed E-state index contributed by atoms with van der Waals surface area (Å²) >= 11 is 0. The zero-order valence-electron chi connectivity index (χ0n) is 21.7. The molecule has 198 valence electrons. The Balaban J connectivity index is 1.20. The van der Waals surface area contributed by atoms with Crippen LogP contribution in [0, 0.1) is 17.8 Å². The fraction of sp³-hybridized carbons (Fsp3) is 0.548. The Bertz CT molecular complexity index is 1070. The monoisotopic (exact) mass is 506 g/mol. The van der Waals surface area contributed by atoms with E-state index in [2.05, 4.69) is 13.0 Å². The van der Waals surface area contributed by atoms with Crippen LogP contribution in [0.15, 0.2) is 48.5 Å². The summed E-state index contributed by atoms with van der Waals surface area (Å²) in [4.78, 5) is 24.8. The number of cyclic esters (lactones) is 1. The van der Waals surface area contributed by atoms with Gasteiger partial charge in [0.05, 0.1) is 0 Å². The molecule has 0 aromatic heterocycles. The molecule has 1 saturated heterocycles. The Morgan fingerprint density at radius 1 is 0.973 bits per heavy atom. The number of fused-ring (bicyclic) bond motifs is 4. The lowest BCUT2D eigenvalue weighted by molar-refractivity contribution is -0.147. The number of benzene rings is 2. The smallest absolute Gasteiger partial charge is 0.482 e. The Labute approximate surface area is 219 Å². The lowest BCUT2D eigenvalue weighted by Gasteiger charge is -2.34. The predicted molar refractivity (Wildman–Crippen MR) is 139 cm³/mol. The second-order valence-electron chi connectivity index (χ2n) is 10.8. The van der Waals surface area contributed by atoms with Crippen molar-refractivity contribution in [2.75, 3.05) is 6.61 Å². The van der Waals surface area contributed by atoms with Crippen LogP contribution in [0.25, 0.3) is 0 Å². The van der Waals surface area contributed by atoms with Crippen molar-refractivity contribution in [1.82, 2.24) is 0 Å². The molecule has 0 bridgehead atoms. The number of hydrogen-bond donors (Lipinski definition) is 0. The number of unbranched alkanes of at least 4 members (excludes halogenated alkanes) is 2. The molecule has 2 aliphatic carbocycles. The van der Waals surface area contributed by atoms with Gasteiger partial charge >= 0.3 is 12.1 Å². The third kappa shape index (κ3) is 6.28. The Hall–Kier alpha value is -3.02. The second-order valence-corrected chi connectivity index (χ2v) is 10.8. The first-order valence-corrected chi connectivity index (χ1v) is 13.9. The third-order valence-electron chi connectivity index (χ3n) is 8.37. The van der Waals surface area contributed by atoms with Gasteiger partial charge in [0.25, 0.3) is 0 Å². The summed E-state index contributed by atoms with van der Waals surface area (Å²) in [5, 5.41) is 0. The lowest BCUT2D eigenvalue weighted by atomic mass is 9.73. The zero-order valence-corrected chi connectivity index (χ0v) is 21.7. The topological polar surface area (TPSA) is 71.1 Å². The molecule has 6 nitrogen and oxygen atoms in total. The van der Waals surface area contributed by atoms with E-state index in [4.69, 9.17) is 18.9 Å².